The highest BCUT2D eigenvalue weighted by Gasteiger charge is 2.19. The highest BCUT2D eigenvalue weighted by molar-refractivity contribution is 7.89. The van der Waals surface area contributed by atoms with Gasteiger partial charge in [0, 0.05) is 13.0 Å². The lowest BCUT2D eigenvalue weighted by Gasteiger charge is -2.07. The van der Waals surface area contributed by atoms with Gasteiger partial charge in [0.1, 0.15) is 21.7 Å². The van der Waals surface area contributed by atoms with Crippen molar-refractivity contribution >= 4 is 65.4 Å². The number of carbonyl (C=O) groups excluding carboxylic acids is 1. The summed E-state index contributed by atoms with van der Waals surface area (Å²) in [4.78, 5) is 16.6. The average Bonchev–Trinajstić information content (AvgIpc) is 3.32. The van der Waals surface area contributed by atoms with Crippen molar-refractivity contribution in [1.82, 2.24) is 18.5 Å². The molecular weight excluding hydrogens is 434 g/mol. The van der Waals surface area contributed by atoms with E-state index in [0.717, 1.165) is 21.9 Å². The van der Waals surface area contributed by atoms with E-state index < -0.39 is 10.0 Å². The molecule has 150 valence electrons. The Balaban J connectivity index is 1.38. The summed E-state index contributed by atoms with van der Waals surface area (Å²) in [6, 6.07) is 10.2. The summed E-state index contributed by atoms with van der Waals surface area (Å²) in [6.07, 6.45) is -0.0379. The molecule has 2 N–H and O–H groups in total. The Kier molecular flexibility index (Phi) is 5.41. The molecule has 0 bridgehead atoms. The van der Waals surface area contributed by atoms with Gasteiger partial charge in [-0.3, -0.25) is 4.79 Å². The Morgan fingerprint density at radius 3 is 2.86 bits per heavy atom. The Morgan fingerprint density at radius 2 is 2.03 bits per heavy atom. The monoisotopic (exact) mass is 449 g/mol. The van der Waals surface area contributed by atoms with Crippen LogP contribution in [0.25, 0.3) is 21.3 Å². The minimum Gasteiger partial charge on any atom is -0.497 e. The number of hydrogen-bond acceptors (Lipinski definition) is 9. The van der Waals surface area contributed by atoms with Crippen molar-refractivity contribution in [2.24, 2.45) is 0 Å². The molecular formula is C17H15N5O4S3. The van der Waals surface area contributed by atoms with Crippen LogP contribution in [0.15, 0.2) is 41.3 Å². The van der Waals surface area contributed by atoms with Gasteiger partial charge >= 0.3 is 0 Å². The number of nitrogens with zero attached hydrogens (tertiary/aromatic N) is 3. The van der Waals surface area contributed by atoms with Gasteiger partial charge < -0.3 is 10.1 Å². The maximum Gasteiger partial charge on any atom is 0.242 e. The Bertz CT molecular complexity index is 1300. The number of fused-ring (bicyclic) bond motifs is 2. The van der Waals surface area contributed by atoms with Crippen LogP contribution < -0.4 is 14.8 Å². The smallest absolute Gasteiger partial charge is 0.242 e. The van der Waals surface area contributed by atoms with Crippen LogP contribution in [0.1, 0.15) is 6.42 Å². The third-order valence-electron chi connectivity index (χ3n) is 4.02. The van der Waals surface area contributed by atoms with Crippen LogP contribution in [-0.4, -0.2) is 41.7 Å². The van der Waals surface area contributed by atoms with Crippen LogP contribution in [0.3, 0.4) is 0 Å². The maximum absolute atomic E-state index is 12.5. The van der Waals surface area contributed by atoms with E-state index in [1.165, 1.54) is 17.4 Å². The quantitative estimate of drug-likeness (QED) is 0.444. The number of carbonyl (C=O) groups is 1. The van der Waals surface area contributed by atoms with Gasteiger partial charge in [0.15, 0.2) is 5.13 Å². The van der Waals surface area contributed by atoms with E-state index >= 15 is 0 Å². The summed E-state index contributed by atoms with van der Waals surface area (Å²) in [5.74, 6) is 0.367. The number of anilines is 1. The summed E-state index contributed by atoms with van der Waals surface area (Å²) >= 11 is 2.26. The Labute approximate surface area is 174 Å². The van der Waals surface area contributed by atoms with Crippen molar-refractivity contribution in [3.8, 4) is 5.75 Å². The van der Waals surface area contributed by atoms with Crippen LogP contribution in [0.4, 0.5) is 5.13 Å². The minimum absolute atomic E-state index is 0.0379. The number of amides is 1. The summed E-state index contributed by atoms with van der Waals surface area (Å²) in [7, 11) is -2.23. The number of hydrogen-bond donors (Lipinski definition) is 2. The number of benzene rings is 2. The largest absolute Gasteiger partial charge is 0.497 e. The predicted octanol–water partition coefficient (Wildman–Crippen LogP) is 2.62. The third-order valence-corrected chi connectivity index (χ3v) is 6.99. The molecule has 0 aliphatic carbocycles. The number of rotatable bonds is 7. The zero-order valence-electron chi connectivity index (χ0n) is 15.1. The second-order valence-corrected chi connectivity index (χ2v) is 9.23. The van der Waals surface area contributed by atoms with Gasteiger partial charge in [0.05, 0.1) is 29.1 Å². The fraction of sp³-hybridized carbons (Fsp3) is 0.176. The molecule has 0 saturated carbocycles. The number of thiazole rings is 1. The molecule has 2 aromatic heterocycles. The molecule has 0 radical (unpaired) electrons. The Hall–Kier alpha value is -2.67. The first-order chi connectivity index (χ1) is 14.0. The molecule has 0 atom stereocenters. The molecule has 2 aromatic carbocycles. The van der Waals surface area contributed by atoms with E-state index in [-0.39, 0.29) is 23.8 Å². The Morgan fingerprint density at radius 1 is 1.17 bits per heavy atom. The number of ether oxygens (including phenoxy) is 1. The van der Waals surface area contributed by atoms with E-state index in [9.17, 15) is 13.2 Å². The average molecular weight is 450 g/mol. The van der Waals surface area contributed by atoms with Gasteiger partial charge in [0.25, 0.3) is 0 Å². The SMILES string of the molecule is COc1ccc2nc(NC(=O)CCNS(=O)(=O)c3cccc4nsnc34)sc2c1. The fourth-order valence-corrected chi connectivity index (χ4v) is 5.35. The molecule has 0 saturated heterocycles. The van der Waals surface area contributed by atoms with Crippen LogP contribution in [0.2, 0.25) is 0 Å². The standard InChI is InChI=1S/C17H15N5O4S3/c1-26-10-5-6-11-13(9-10)27-17(19-11)20-15(23)7-8-18-29(24,25)14-4-2-3-12-16(14)22-28-21-12/h2-6,9,18H,7-8H2,1H3,(H,19,20,23). The first-order valence-corrected chi connectivity index (χ1v) is 11.4. The van der Waals surface area contributed by atoms with Crippen LogP contribution in [0.5, 0.6) is 5.75 Å². The van der Waals surface area contributed by atoms with Crippen LogP contribution in [-0.2, 0) is 14.8 Å². The molecule has 2 heterocycles. The van der Waals surface area contributed by atoms with E-state index in [4.69, 9.17) is 4.74 Å². The van der Waals surface area contributed by atoms with Crippen molar-refractivity contribution in [3.63, 3.8) is 0 Å². The molecule has 4 rings (SSSR count). The highest BCUT2D eigenvalue weighted by Crippen LogP contribution is 2.29. The van der Waals surface area contributed by atoms with E-state index in [1.807, 2.05) is 12.1 Å². The van der Waals surface area contributed by atoms with Crippen LogP contribution in [0, 0.1) is 0 Å². The summed E-state index contributed by atoms with van der Waals surface area (Å²) in [6.45, 7) is -0.0547. The van der Waals surface area contributed by atoms with Gasteiger partial charge in [-0.15, -0.1) is 0 Å². The maximum atomic E-state index is 12.5. The van der Waals surface area contributed by atoms with E-state index in [2.05, 4.69) is 23.8 Å². The molecule has 29 heavy (non-hydrogen) atoms. The molecule has 1 amide bonds. The zero-order valence-corrected chi connectivity index (χ0v) is 17.5. The molecule has 0 aliphatic rings. The number of methoxy groups -OCH3 is 1. The fourth-order valence-electron chi connectivity index (χ4n) is 2.64. The van der Waals surface area contributed by atoms with Crippen molar-refractivity contribution < 1.29 is 17.9 Å². The van der Waals surface area contributed by atoms with Gasteiger partial charge in [-0.1, -0.05) is 17.4 Å². The first kappa shape index (κ1) is 19.6. The van der Waals surface area contributed by atoms with E-state index in [0.29, 0.717) is 21.9 Å². The van der Waals surface area contributed by atoms with E-state index in [1.54, 1.807) is 25.3 Å². The topological polar surface area (TPSA) is 123 Å². The summed E-state index contributed by atoms with van der Waals surface area (Å²) < 4.78 is 41.6. The molecule has 0 unspecified atom stereocenters. The lowest BCUT2D eigenvalue weighted by molar-refractivity contribution is -0.116. The predicted molar refractivity (Wildman–Crippen MR) is 112 cm³/mol. The second kappa shape index (κ2) is 7.99. The van der Waals surface area contributed by atoms with Crippen molar-refractivity contribution in [1.29, 1.82) is 0 Å². The van der Waals surface area contributed by atoms with Crippen molar-refractivity contribution in [2.75, 3.05) is 19.0 Å². The van der Waals surface area contributed by atoms with Crippen LogP contribution >= 0.6 is 23.1 Å². The molecule has 4 aromatic rings. The number of sulfonamides is 1. The number of aromatic nitrogens is 3. The van der Waals surface area contributed by atoms with Gasteiger partial charge in [-0.2, -0.15) is 8.75 Å². The third kappa shape index (κ3) is 4.19. The van der Waals surface area contributed by atoms with Gasteiger partial charge in [-0.05, 0) is 30.3 Å². The molecule has 9 nitrogen and oxygen atoms in total. The molecule has 12 heteroatoms. The van der Waals surface area contributed by atoms with Crippen molar-refractivity contribution in [2.45, 2.75) is 11.3 Å². The van der Waals surface area contributed by atoms with Gasteiger partial charge in [0.2, 0.25) is 15.9 Å². The minimum atomic E-state index is -3.81. The summed E-state index contributed by atoms with van der Waals surface area (Å²) in [5.41, 5.74) is 1.58. The molecule has 0 spiro atoms. The first-order valence-electron chi connectivity index (χ1n) is 8.42. The zero-order chi connectivity index (χ0) is 20.4. The van der Waals surface area contributed by atoms with Gasteiger partial charge in [-0.25, -0.2) is 18.1 Å². The second-order valence-electron chi connectivity index (χ2n) is 5.94. The normalized spacial score (nSPS) is 11.8. The lowest BCUT2D eigenvalue weighted by atomic mass is 10.3. The number of nitrogens with one attached hydrogen (secondary N) is 2. The highest BCUT2D eigenvalue weighted by atomic mass is 32.2. The molecule has 0 aliphatic heterocycles. The summed E-state index contributed by atoms with van der Waals surface area (Å²) in [5, 5.41) is 3.14. The lowest BCUT2D eigenvalue weighted by Crippen LogP contribution is -2.28. The van der Waals surface area contributed by atoms with Crippen molar-refractivity contribution in [3.05, 3.63) is 36.4 Å². The molecule has 0 fully saturated rings.